The lowest BCUT2D eigenvalue weighted by atomic mass is 9.86. The van der Waals surface area contributed by atoms with E-state index in [0.29, 0.717) is 10.8 Å². The van der Waals surface area contributed by atoms with E-state index in [2.05, 4.69) is 20.8 Å². The molecule has 1 heteroatoms. The first-order valence-electron chi connectivity index (χ1n) is 5.13. The highest BCUT2D eigenvalue weighted by molar-refractivity contribution is 6.18. The van der Waals surface area contributed by atoms with Gasteiger partial charge >= 0.3 is 0 Å². The summed E-state index contributed by atoms with van der Waals surface area (Å²) in [5, 5.41) is 0. The van der Waals surface area contributed by atoms with Gasteiger partial charge in [0.05, 0.1) is 0 Å². The van der Waals surface area contributed by atoms with Crippen LogP contribution >= 0.6 is 11.6 Å². The predicted octanol–water partition coefficient (Wildman–Crippen LogP) is 3.69. The highest BCUT2D eigenvalue weighted by Gasteiger charge is 2.72. The van der Waals surface area contributed by atoms with Gasteiger partial charge in [-0.2, -0.15) is 0 Å². The molecule has 0 heterocycles. The van der Waals surface area contributed by atoms with Gasteiger partial charge in [-0.1, -0.05) is 33.6 Å². The summed E-state index contributed by atoms with van der Waals surface area (Å²) < 4.78 is 0. The maximum absolute atomic E-state index is 6.02. The van der Waals surface area contributed by atoms with Crippen LogP contribution in [0.3, 0.4) is 0 Å². The van der Waals surface area contributed by atoms with Gasteiger partial charge < -0.3 is 0 Å². The van der Waals surface area contributed by atoms with E-state index in [4.69, 9.17) is 11.6 Å². The van der Waals surface area contributed by atoms with Gasteiger partial charge in [0.2, 0.25) is 0 Å². The monoisotopic (exact) mass is 186 g/mol. The Morgan fingerprint density at radius 2 is 2.08 bits per heavy atom. The maximum Gasteiger partial charge on any atom is 0.0262 e. The fourth-order valence-electron chi connectivity index (χ4n) is 4.01. The van der Waals surface area contributed by atoms with Crippen molar-refractivity contribution in [3.8, 4) is 0 Å². The summed E-state index contributed by atoms with van der Waals surface area (Å²) in [6.07, 6.45) is 4.29. The van der Waals surface area contributed by atoms with Crippen LogP contribution in [0.5, 0.6) is 0 Å². The molecular formula is C11H19Cl. The summed E-state index contributed by atoms with van der Waals surface area (Å²) in [5.74, 6) is 2.58. The van der Waals surface area contributed by atoms with Crippen LogP contribution in [0.1, 0.15) is 40.0 Å². The van der Waals surface area contributed by atoms with Gasteiger partial charge in [0.1, 0.15) is 0 Å². The minimum absolute atomic E-state index is 0.532. The molecule has 12 heavy (non-hydrogen) atoms. The van der Waals surface area contributed by atoms with Gasteiger partial charge in [-0.3, -0.25) is 0 Å². The Balaban J connectivity index is 2.24. The van der Waals surface area contributed by atoms with Crippen LogP contribution in [0.15, 0.2) is 0 Å². The molecular weight excluding hydrogens is 168 g/mol. The summed E-state index contributed by atoms with van der Waals surface area (Å²) in [6, 6.07) is 0. The summed E-state index contributed by atoms with van der Waals surface area (Å²) in [4.78, 5) is 0. The normalized spacial score (nSPS) is 50.0. The first-order chi connectivity index (χ1) is 5.57. The van der Waals surface area contributed by atoms with Crippen LogP contribution in [-0.2, 0) is 0 Å². The van der Waals surface area contributed by atoms with Gasteiger partial charge in [0, 0.05) is 5.88 Å². The Morgan fingerprint density at radius 3 is 2.42 bits per heavy atom. The molecule has 2 aliphatic rings. The molecule has 2 aliphatic carbocycles. The largest absolute Gasteiger partial charge is 0.126 e. The number of alkyl halides is 1. The molecule has 0 aromatic rings. The third kappa shape index (κ3) is 0.755. The van der Waals surface area contributed by atoms with Crippen LogP contribution in [-0.4, -0.2) is 5.88 Å². The Kier molecular flexibility index (Phi) is 1.78. The van der Waals surface area contributed by atoms with Crippen LogP contribution < -0.4 is 0 Å². The maximum atomic E-state index is 6.02. The molecule has 0 aromatic carbocycles. The first kappa shape index (κ1) is 8.87. The standard InChI is InChI=1S/C11H19Cl/c1-8-5-4-6-11(8)9(7-12)10(11,2)3/h8-9H,4-7H2,1-3H3. The van der Waals surface area contributed by atoms with Gasteiger partial charge in [-0.25, -0.2) is 0 Å². The van der Waals surface area contributed by atoms with Crippen molar-refractivity contribution in [2.24, 2.45) is 22.7 Å². The summed E-state index contributed by atoms with van der Waals surface area (Å²) in [7, 11) is 0. The number of halogens is 1. The Hall–Kier alpha value is 0.290. The number of rotatable bonds is 1. The van der Waals surface area contributed by atoms with Crippen molar-refractivity contribution in [1.82, 2.24) is 0 Å². The molecule has 0 bridgehead atoms. The Labute approximate surface area is 80.7 Å². The third-order valence-corrected chi connectivity index (χ3v) is 5.18. The highest BCUT2D eigenvalue weighted by Crippen LogP contribution is 2.77. The van der Waals surface area contributed by atoms with Crippen LogP contribution in [0.2, 0.25) is 0 Å². The zero-order chi connectivity index (χ0) is 8.98. The summed E-state index contributed by atoms with van der Waals surface area (Å²) in [6.45, 7) is 7.23. The van der Waals surface area contributed by atoms with Gasteiger partial charge in [-0.15, -0.1) is 11.6 Å². The van der Waals surface area contributed by atoms with Crippen molar-refractivity contribution in [2.45, 2.75) is 40.0 Å². The zero-order valence-corrected chi connectivity index (χ0v) is 9.12. The molecule has 0 aromatic heterocycles. The molecule has 0 radical (unpaired) electrons. The lowest BCUT2D eigenvalue weighted by Crippen LogP contribution is -2.12. The van der Waals surface area contributed by atoms with E-state index in [9.17, 15) is 0 Å². The molecule has 3 atom stereocenters. The highest BCUT2D eigenvalue weighted by atomic mass is 35.5. The molecule has 0 amide bonds. The Morgan fingerprint density at radius 1 is 1.42 bits per heavy atom. The predicted molar refractivity (Wildman–Crippen MR) is 53.4 cm³/mol. The van der Waals surface area contributed by atoms with Gasteiger partial charge in [0.25, 0.3) is 0 Å². The molecule has 2 fully saturated rings. The van der Waals surface area contributed by atoms with E-state index in [1.165, 1.54) is 19.3 Å². The fraction of sp³-hybridized carbons (Fsp3) is 1.00. The van der Waals surface area contributed by atoms with E-state index in [0.717, 1.165) is 17.7 Å². The number of hydrogen-bond acceptors (Lipinski definition) is 0. The average Bonchev–Trinajstić information content (AvgIpc) is 2.33. The van der Waals surface area contributed by atoms with E-state index in [1.807, 2.05) is 0 Å². The van der Waals surface area contributed by atoms with Crippen molar-refractivity contribution < 1.29 is 0 Å². The molecule has 2 rings (SSSR count). The molecule has 1 spiro atoms. The molecule has 70 valence electrons. The second-order valence-electron chi connectivity index (χ2n) is 5.26. The third-order valence-electron chi connectivity index (χ3n) is 4.87. The fourth-order valence-corrected chi connectivity index (χ4v) is 4.67. The van der Waals surface area contributed by atoms with Crippen molar-refractivity contribution in [3.05, 3.63) is 0 Å². The average molecular weight is 187 g/mol. The SMILES string of the molecule is CC1CCCC12C(CCl)C2(C)C. The van der Waals surface area contributed by atoms with E-state index in [-0.39, 0.29) is 0 Å². The van der Waals surface area contributed by atoms with Crippen molar-refractivity contribution in [2.75, 3.05) is 5.88 Å². The van der Waals surface area contributed by atoms with Crippen LogP contribution in [0.25, 0.3) is 0 Å². The van der Waals surface area contributed by atoms with E-state index in [1.54, 1.807) is 0 Å². The smallest absolute Gasteiger partial charge is 0.0262 e. The molecule has 0 aliphatic heterocycles. The molecule has 0 nitrogen and oxygen atoms in total. The lowest BCUT2D eigenvalue weighted by molar-refractivity contribution is 0.302. The van der Waals surface area contributed by atoms with E-state index < -0.39 is 0 Å². The quantitative estimate of drug-likeness (QED) is 0.548. The summed E-state index contributed by atoms with van der Waals surface area (Å²) >= 11 is 6.02. The van der Waals surface area contributed by atoms with Crippen LogP contribution in [0.4, 0.5) is 0 Å². The molecule has 0 saturated heterocycles. The van der Waals surface area contributed by atoms with Crippen LogP contribution in [0, 0.1) is 22.7 Å². The second-order valence-corrected chi connectivity index (χ2v) is 5.57. The van der Waals surface area contributed by atoms with E-state index >= 15 is 0 Å². The molecule has 2 saturated carbocycles. The topological polar surface area (TPSA) is 0 Å². The van der Waals surface area contributed by atoms with Gasteiger partial charge in [0.15, 0.2) is 0 Å². The number of hydrogen-bond donors (Lipinski definition) is 0. The lowest BCUT2D eigenvalue weighted by Gasteiger charge is -2.18. The van der Waals surface area contributed by atoms with Crippen molar-refractivity contribution in [1.29, 1.82) is 0 Å². The summed E-state index contributed by atoms with van der Waals surface area (Å²) in [5.41, 5.74) is 1.17. The molecule has 0 N–H and O–H groups in total. The van der Waals surface area contributed by atoms with Gasteiger partial charge in [-0.05, 0) is 29.1 Å². The van der Waals surface area contributed by atoms with Crippen molar-refractivity contribution >= 4 is 11.6 Å². The zero-order valence-electron chi connectivity index (χ0n) is 8.36. The molecule has 3 unspecified atom stereocenters. The first-order valence-corrected chi connectivity index (χ1v) is 5.67. The second kappa shape index (κ2) is 2.41. The minimum atomic E-state index is 0.532. The van der Waals surface area contributed by atoms with Crippen molar-refractivity contribution in [3.63, 3.8) is 0 Å². The Bertz CT molecular complexity index is 197. The minimum Gasteiger partial charge on any atom is -0.126 e.